The summed E-state index contributed by atoms with van der Waals surface area (Å²) < 4.78 is 25.8. The summed E-state index contributed by atoms with van der Waals surface area (Å²) in [6.45, 7) is 8.35. The van der Waals surface area contributed by atoms with Gasteiger partial charge in [-0.25, -0.2) is 13.6 Å². The molecule has 0 radical (unpaired) electrons. The summed E-state index contributed by atoms with van der Waals surface area (Å²) in [5.74, 6) is -0.197. The van der Waals surface area contributed by atoms with Gasteiger partial charge >= 0.3 is 0 Å². The van der Waals surface area contributed by atoms with Crippen molar-refractivity contribution in [2.75, 3.05) is 0 Å². The molecule has 0 saturated heterocycles. The van der Waals surface area contributed by atoms with Crippen LogP contribution in [-0.2, 0) is 21.4 Å². The van der Waals surface area contributed by atoms with E-state index in [1.807, 2.05) is 4.57 Å². The Bertz CT molecular complexity index is 965. The molecule has 8 heteroatoms. The van der Waals surface area contributed by atoms with Crippen LogP contribution in [0.1, 0.15) is 39.5 Å². The molecule has 0 bridgehead atoms. The van der Waals surface area contributed by atoms with E-state index in [9.17, 15) is 13.2 Å². The first kappa shape index (κ1) is 20.5. The Labute approximate surface area is 158 Å². The number of hydrogen-bond acceptors (Lipinski definition) is 4. The third-order valence-corrected chi connectivity index (χ3v) is 6.08. The molecule has 1 heterocycles. The molecule has 0 unspecified atom stereocenters. The van der Waals surface area contributed by atoms with E-state index >= 15 is 0 Å². The molecule has 142 valence electrons. The number of allylic oxidation sites excluding steroid dienone is 1. The van der Waals surface area contributed by atoms with Gasteiger partial charge < -0.3 is 4.57 Å². The first-order valence-electron chi connectivity index (χ1n) is 8.67. The summed E-state index contributed by atoms with van der Waals surface area (Å²) in [5, 5.41) is 5.21. The highest BCUT2D eigenvalue weighted by Crippen LogP contribution is 2.22. The van der Waals surface area contributed by atoms with E-state index in [0.29, 0.717) is 16.0 Å². The standard InChI is InChI=1S/C18H25N3O3S2/c1-4-7-13(8-5-2)17(22)20-18-21(11-6-3)15-10-9-14(26(19,23)24)12-16(15)25-18/h6,9-10,12-13H,3-5,7-8,11H2,1-2H3,(H2,19,23,24). The summed E-state index contributed by atoms with van der Waals surface area (Å²) in [5.41, 5.74) is 0.802. The van der Waals surface area contributed by atoms with Crippen LogP contribution in [0, 0.1) is 5.92 Å². The van der Waals surface area contributed by atoms with E-state index in [1.165, 1.54) is 23.5 Å². The monoisotopic (exact) mass is 395 g/mol. The smallest absolute Gasteiger partial charge is 0.251 e. The molecule has 26 heavy (non-hydrogen) atoms. The van der Waals surface area contributed by atoms with Gasteiger partial charge in [0.05, 0.1) is 15.1 Å². The third-order valence-electron chi connectivity index (χ3n) is 4.12. The molecule has 1 amide bonds. The van der Waals surface area contributed by atoms with Crippen molar-refractivity contribution in [1.82, 2.24) is 4.57 Å². The highest BCUT2D eigenvalue weighted by Gasteiger charge is 2.17. The lowest BCUT2D eigenvalue weighted by Crippen LogP contribution is -2.20. The van der Waals surface area contributed by atoms with Crippen molar-refractivity contribution in [2.24, 2.45) is 16.0 Å². The number of rotatable bonds is 8. The van der Waals surface area contributed by atoms with Crippen LogP contribution in [0.25, 0.3) is 10.2 Å². The van der Waals surface area contributed by atoms with Gasteiger partial charge in [-0.05, 0) is 31.0 Å². The van der Waals surface area contributed by atoms with Crippen molar-refractivity contribution in [1.29, 1.82) is 0 Å². The largest absolute Gasteiger partial charge is 0.313 e. The average Bonchev–Trinajstić information content (AvgIpc) is 2.91. The maximum atomic E-state index is 12.6. The number of amides is 1. The van der Waals surface area contributed by atoms with Gasteiger partial charge in [-0.1, -0.05) is 44.1 Å². The molecule has 1 aromatic carbocycles. The van der Waals surface area contributed by atoms with Crippen molar-refractivity contribution in [2.45, 2.75) is 51.0 Å². The van der Waals surface area contributed by atoms with Crippen molar-refractivity contribution < 1.29 is 13.2 Å². The number of nitrogens with zero attached hydrogens (tertiary/aromatic N) is 2. The molecule has 1 aromatic heterocycles. The molecular formula is C18H25N3O3S2. The minimum atomic E-state index is -3.78. The van der Waals surface area contributed by atoms with Gasteiger partial charge in [0.25, 0.3) is 5.91 Å². The van der Waals surface area contributed by atoms with Gasteiger partial charge in [0.15, 0.2) is 4.80 Å². The van der Waals surface area contributed by atoms with Crippen LogP contribution >= 0.6 is 11.3 Å². The molecule has 6 nitrogen and oxygen atoms in total. The number of fused-ring (bicyclic) bond motifs is 1. The number of sulfonamides is 1. The number of benzene rings is 1. The van der Waals surface area contributed by atoms with E-state index in [4.69, 9.17) is 5.14 Å². The van der Waals surface area contributed by atoms with Gasteiger partial charge in [-0.2, -0.15) is 4.99 Å². The van der Waals surface area contributed by atoms with Gasteiger partial charge in [-0.15, -0.1) is 6.58 Å². The Kier molecular flexibility index (Phi) is 6.91. The second-order valence-corrected chi connectivity index (χ2v) is 8.75. The molecular weight excluding hydrogens is 370 g/mol. The van der Waals surface area contributed by atoms with Crippen molar-refractivity contribution in [3.8, 4) is 0 Å². The zero-order chi connectivity index (χ0) is 19.3. The molecule has 0 atom stereocenters. The van der Waals surface area contributed by atoms with Gasteiger partial charge in [-0.3, -0.25) is 4.79 Å². The maximum absolute atomic E-state index is 12.6. The van der Waals surface area contributed by atoms with Crippen molar-refractivity contribution in [3.05, 3.63) is 35.7 Å². The fourth-order valence-corrected chi connectivity index (χ4v) is 4.59. The first-order chi connectivity index (χ1) is 12.3. The Balaban J connectivity index is 2.59. The van der Waals surface area contributed by atoms with Gasteiger partial charge in [0.1, 0.15) is 0 Å². The van der Waals surface area contributed by atoms with Crippen molar-refractivity contribution in [3.63, 3.8) is 0 Å². The molecule has 0 aliphatic rings. The van der Waals surface area contributed by atoms with E-state index in [-0.39, 0.29) is 16.7 Å². The molecule has 0 aliphatic heterocycles. The zero-order valence-electron chi connectivity index (χ0n) is 15.1. The summed E-state index contributed by atoms with van der Waals surface area (Å²) in [4.78, 5) is 17.6. The van der Waals surface area contributed by atoms with Crippen LogP contribution in [0.5, 0.6) is 0 Å². The van der Waals surface area contributed by atoms with Gasteiger partial charge in [0, 0.05) is 12.5 Å². The van der Waals surface area contributed by atoms with Crippen LogP contribution in [0.4, 0.5) is 0 Å². The number of aromatic nitrogens is 1. The Morgan fingerprint density at radius 3 is 2.54 bits per heavy atom. The normalized spacial score (nSPS) is 12.8. The van der Waals surface area contributed by atoms with Crippen LogP contribution in [0.2, 0.25) is 0 Å². The Hall–Kier alpha value is -1.77. The number of carbonyl (C=O) groups excluding carboxylic acids is 1. The van der Waals surface area contributed by atoms with Crippen molar-refractivity contribution >= 4 is 37.5 Å². The van der Waals surface area contributed by atoms with E-state index in [2.05, 4.69) is 25.4 Å². The number of thiazole rings is 1. The summed E-state index contributed by atoms with van der Waals surface area (Å²) >= 11 is 1.28. The Morgan fingerprint density at radius 2 is 2.00 bits per heavy atom. The number of carbonyl (C=O) groups is 1. The van der Waals surface area contributed by atoms with Crippen LogP contribution in [-0.4, -0.2) is 18.9 Å². The summed E-state index contributed by atoms with van der Waals surface area (Å²) in [7, 11) is -3.78. The molecule has 0 saturated carbocycles. The average molecular weight is 396 g/mol. The predicted molar refractivity (Wildman–Crippen MR) is 105 cm³/mol. The maximum Gasteiger partial charge on any atom is 0.251 e. The zero-order valence-corrected chi connectivity index (χ0v) is 16.8. The number of nitrogens with two attached hydrogens (primary N) is 1. The SMILES string of the molecule is C=CCn1c(=NC(=O)C(CCC)CCC)sc2cc(S(N)(=O)=O)ccc21. The van der Waals surface area contributed by atoms with E-state index in [0.717, 1.165) is 31.2 Å². The third kappa shape index (κ3) is 4.69. The fraction of sp³-hybridized carbons (Fsp3) is 0.444. The molecule has 2 rings (SSSR count). The van der Waals surface area contributed by atoms with Gasteiger partial charge in [0.2, 0.25) is 10.0 Å². The van der Waals surface area contributed by atoms with E-state index < -0.39 is 10.0 Å². The predicted octanol–water partition coefficient (Wildman–Crippen LogP) is 3.18. The van der Waals surface area contributed by atoms with Crippen LogP contribution in [0.15, 0.2) is 40.7 Å². The number of hydrogen-bond donors (Lipinski definition) is 1. The molecule has 0 spiro atoms. The summed E-state index contributed by atoms with van der Waals surface area (Å²) in [6.07, 6.45) is 5.22. The quantitative estimate of drug-likeness (QED) is 0.696. The van der Waals surface area contributed by atoms with Crippen LogP contribution < -0.4 is 9.94 Å². The highest BCUT2D eigenvalue weighted by molar-refractivity contribution is 7.89. The Morgan fingerprint density at radius 1 is 1.35 bits per heavy atom. The topological polar surface area (TPSA) is 94.5 Å². The fourth-order valence-electron chi connectivity index (χ4n) is 2.90. The molecule has 2 aromatic rings. The molecule has 0 fully saturated rings. The second-order valence-electron chi connectivity index (χ2n) is 6.18. The molecule has 2 N–H and O–H groups in total. The lowest BCUT2D eigenvalue weighted by Gasteiger charge is -2.10. The van der Waals surface area contributed by atoms with E-state index in [1.54, 1.807) is 12.1 Å². The minimum absolute atomic E-state index is 0.0460. The minimum Gasteiger partial charge on any atom is -0.313 e. The summed E-state index contributed by atoms with van der Waals surface area (Å²) in [6, 6.07) is 4.68. The number of primary sulfonamides is 1. The molecule has 0 aliphatic carbocycles. The highest BCUT2D eigenvalue weighted by atomic mass is 32.2. The second kappa shape index (κ2) is 8.75. The van der Waals surface area contributed by atoms with Crippen LogP contribution in [0.3, 0.4) is 0 Å². The lowest BCUT2D eigenvalue weighted by molar-refractivity contribution is -0.122. The first-order valence-corrected chi connectivity index (χ1v) is 11.0. The lowest BCUT2D eigenvalue weighted by atomic mass is 9.98.